The molecule has 4 nitrogen and oxygen atoms in total. The molecule has 1 rings (SSSR count). The van der Waals surface area contributed by atoms with Gasteiger partial charge in [0.2, 0.25) is 0 Å². The summed E-state index contributed by atoms with van der Waals surface area (Å²) in [5.41, 5.74) is 0. The van der Waals surface area contributed by atoms with E-state index < -0.39 is 19.8 Å². The van der Waals surface area contributed by atoms with Crippen LogP contribution >= 0.6 is 10.7 Å². The summed E-state index contributed by atoms with van der Waals surface area (Å²) in [5, 5.41) is 0. The highest BCUT2D eigenvalue weighted by Crippen LogP contribution is 2.24. The van der Waals surface area contributed by atoms with E-state index in [4.69, 9.17) is 10.7 Å². The normalized spacial score (nSPS) is 11.3. The van der Waals surface area contributed by atoms with E-state index in [9.17, 15) is 12.8 Å². The van der Waals surface area contributed by atoms with Crippen LogP contribution in [0.15, 0.2) is 17.3 Å². The monoisotopic (exact) mass is 225 g/mol. The smallest absolute Gasteiger partial charge is 0.265 e. The van der Waals surface area contributed by atoms with Crippen LogP contribution in [0.3, 0.4) is 0 Å². The predicted octanol–water partition coefficient (Wildman–Crippen LogP) is 1.16. The first-order valence-electron chi connectivity index (χ1n) is 3.09. The number of methoxy groups -OCH3 is 1. The van der Waals surface area contributed by atoms with Crippen molar-refractivity contribution >= 4 is 19.7 Å². The third-order valence-electron chi connectivity index (χ3n) is 1.30. The fraction of sp³-hybridized carbons (Fsp3) is 0.167. The lowest BCUT2D eigenvalue weighted by atomic mass is 10.4. The van der Waals surface area contributed by atoms with E-state index in [2.05, 4.69) is 9.72 Å². The van der Waals surface area contributed by atoms with E-state index >= 15 is 0 Å². The average molecular weight is 226 g/mol. The molecule has 0 aliphatic carbocycles. The van der Waals surface area contributed by atoms with Crippen molar-refractivity contribution in [2.45, 2.75) is 4.90 Å². The van der Waals surface area contributed by atoms with E-state index in [0.29, 0.717) is 0 Å². The van der Waals surface area contributed by atoms with Crippen LogP contribution in [-0.4, -0.2) is 20.5 Å². The molecular formula is C6H5ClFNO3S. The highest BCUT2D eigenvalue weighted by atomic mass is 35.7. The first-order valence-corrected chi connectivity index (χ1v) is 5.40. The minimum Gasteiger partial charge on any atom is -0.492 e. The maximum Gasteiger partial charge on any atom is 0.265 e. The molecule has 1 heterocycles. The van der Waals surface area contributed by atoms with Crippen molar-refractivity contribution in [1.82, 2.24) is 4.98 Å². The van der Waals surface area contributed by atoms with Crippen molar-refractivity contribution in [3.05, 3.63) is 18.2 Å². The van der Waals surface area contributed by atoms with Gasteiger partial charge in [-0.2, -0.15) is 0 Å². The molecule has 0 amide bonds. The Bertz CT molecular complexity index is 420. The fourth-order valence-electron chi connectivity index (χ4n) is 0.720. The molecule has 0 saturated carbocycles. The highest BCUT2D eigenvalue weighted by Gasteiger charge is 2.19. The van der Waals surface area contributed by atoms with Gasteiger partial charge in [0, 0.05) is 10.7 Å². The number of hydrogen-bond acceptors (Lipinski definition) is 4. The van der Waals surface area contributed by atoms with Gasteiger partial charge in [0.25, 0.3) is 9.05 Å². The SMILES string of the molecule is COc1cncc(S(=O)(=O)Cl)c1F. The van der Waals surface area contributed by atoms with Gasteiger partial charge >= 0.3 is 0 Å². The third-order valence-corrected chi connectivity index (χ3v) is 2.61. The van der Waals surface area contributed by atoms with Gasteiger partial charge < -0.3 is 4.74 Å². The molecule has 0 fully saturated rings. The zero-order valence-corrected chi connectivity index (χ0v) is 8.06. The van der Waals surface area contributed by atoms with Gasteiger partial charge in [0.1, 0.15) is 4.90 Å². The van der Waals surface area contributed by atoms with Gasteiger partial charge in [0.15, 0.2) is 11.6 Å². The van der Waals surface area contributed by atoms with E-state index in [0.717, 1.165) is 12.4 Å². The molecule has 0 unspecified atom stereocenters. The summed E-state index contributed by atoms with van der Waals surface area (Å²) in [7, 11) is 2.02. The van der Waals surface area contributed by atoms with E-state index in [1.807, 2.05) is 0 Å². The highest BCUT2D eigenvalue weighted by molar-refractivity contribution is 8.13. The summed E-state index contributed by atoms with van der Waals surface area (Å²) >= 11 is 0. The number of ether oxygens (including phenoxy) is 1. The molecule has 0 radical (unpaired) electrons. The van der Waals surface area contributed by atoms with E-state index in [1.165, 1.54) is 7.11 Å². The Morgan fingerprint density at radius 2 is 2.15 bits per heavy atom. The van der Waals surface area contributed by atoms with Crippen molar-refractivity contribution in [2.24, 2.45) is 0 Å². The Labute approximate surface area is 78.7 Å². The zero-order chi connectivity index (χ0) is 10.1. The molecule has 7 heteroatoms. The molecule has 0 N–H and O–H groups in total. The summed E-state index contributed by atoms with van der Waals surface area (Å²) in [5.74, 6) is -1.30. The summed E-state index contributed by atoms with van der Waals surface area (Å²) in [6.07, 6.45) is 1.88. The van der Waals surface area contributed by atoms with Crippen molar-refractivity contribution in [3.8, 4) is 5.75 Å². The fourth-order valence-corrected chi connectivity index (χ4v) is 1.54. The molecule has 0 aromatic carbocycles. The Kier molecular flexibility index (Phi) is 2.72. The molecule has 0 aliphatic heterocycles. The quantitative estimate of drug-likeness (QED) is 0.709. The molecule has 0 spiro atoms. The number of pyridine rings is 1. The summed E-state index contributed by atoms with van der Waals surface area (Å²) < 4.78 is 39.2. The van der Waals surface area contributed by atoms with Crippen LogP contribution in [0.4, 0.5) is 4.39 Å². The third kappa shape index (κ3) is 2.07. The second-order valence-electron chi connectivity index (χ2n) is 2.09. The van der Waals surface area contributed by atoms with E-state index in [-0.39, 0.29) is 5.75 Å². The summed E-state index contributed by atoms with van der Waals surface area (Å²) in [4.78, 5) is 2.77. The number of halogens is 2. The maximum atomic E-state index is 13.1. The molecule has 0 bridgehead atoms. The van der Waals surface area contributed by atoms with Gasteiger partial charge in [-0.15, -0.1) is 0 Å². The Morgan fingerprint density at radius 3 is 2.62 bits per heavy atom. The molecule has 0 aliphatic rings. The number of aromatic nitrogens is 1. The molecule has 13 heavy (non-hydrogen) atoms. The minimum atomic E-state index is -4.11. The number of hydrogen-bond donors (Lipinski definition) is 0. The maximum absolute atomic E-state index is 13.1. The van der Waals surface area contributed by atoms with E-state index in [1.54, 1.807) is 0 Å². The molecular weight excluding hydrogens is 221 g/mol. The summed E-state index contributed by atoms with van der Waals surface area (Å²) in [6.45, 7) is 0. The van der Waals surface area contributed by atoms with Crippen LogP contribution in [0.25, 0.3) is 0 Å². The first-order chi connectivity index (χ1) is 5.96. The molecule has 0 saturated heterocycles. The van der Waals surface area contributed by atoms with Crippen molar-refractivity contribution in [1.29, 1.82) is 0 Å². The van der Waals surface area contributed by atoms with Crippen LogP contribution in [0.2, 0.25) is 0 Å². The van der Waals surface area contributed by atoms with Crippen molar-refractivity contribution in [3.63, 3.8) is 0 Å². The van der Waals surface area contributed by atoms with Crippen molar-refractivity contribution in [2.75, 3.05) is 7.11 Å². The second-order valence-corrected chi connectivity index (χ2v) is 4.63. The van der Waals surface area contributed by atoms with Gasteiger partial charge in [0.05, 0.1) is 19.5 Å². The standard InChI is InChI=1S/C6H5ClFNO3S/c1-12-4-2-9-3-5(6(4)8)13(7,10)11/h2-3H,1H3. The van der Waals surface area contributed by atoms with Gasteiger partial charge in [-0.1, -0.05) is 0 Å². The van der Waals surface area contributed by atoms with Crippen LogP contribution in [0.5, 0.6) is 5.75 Å². The lowest BCUT2D eigenvalue weighted by Crippen LogP contribution is -1.99. The van der Waals surface area contributed by atoms with Gasteiger partial charge in [-0.05, 0) is 0 Å². The van der Waals surface area contributed by atoms with Gasteiger partial charge in [-0.25, -0.2) is 12.8 Å². The Balaban J connectivity index is 3.41. The lowest BCUT2D eigenvalue weighted by molar-refractivity contribution is 0.378. The van der Waals surface area contributed by atoms with Crippen LogP contribution in [0.1, 0.15) is 0 Å². The Morgan fingerprint density at radius 1 is 1.54 bits per heavy atom. The summed E-state index contributed by atoms with van der Waals surface area (Å²) in [6, 6.07) is 0. The largest absolute Gasteiger partial charge is 0.492 e. The molecule has 0 atom stereocenters. The topological polar surface area (TPSA) is 56.3 Å². The number of rotatable bonds is 2. The van der Waals surface area contributed by atoms with Crippen LogP contribution < -0.4 is 4.74 Å². The Hall–Kier alpha value is -0.880. The second kappa shape index (κ2) is 3.47. The molecule has 1 aromatic heterocycles. The van der Waals surface area contributed by atoms with Gasteiger partial charge in [-0.3, -0.25) is 4.98 Å². The molecule has 1 aromatic rings. The average Bonchev–Trinajstić information content (AvgIpc) is 2.02. The lowest BCUT2D eigenvalue weighted by Gasteiger charge is -2.02. The van der Waals surface area contributed by atoms with Crippen molar-refractivity contribution < 1.29 is 17.5 Å². The molecule has 72 valence electrons. The number of nitrogens with zero attached hydrogens (tertiary/aromatic N) is 1. The zero-order valence-electron chi connectivity index (χ0n) is 6.49. The van der Waals surface area contributed by atoms with Crippen LogP contribution in [0, 0.1) is 5.82 Å². The first kappa shape index (κ1) is 10.2. The van der Waals surface area contributed by atoms with Crippen LogP contribution in [-0.2, 0) is 9.05 Å². The predicted molar refractivity (Wildman–Crippen MR) is 43.8 cm³/mol. The minimum absolute atomic E-state index is 0.262.